The Morgan fingerprint density at radius 3 is 2.59 bits per heavy atom. The summed E-state index contributed by atoms with van der Waals surface area (Å²) in [6.07, 6.45) is 4.22. The van der Waals surface area contributed by atoms with Crippen LogP contribution in [-0.2, 0) is 10.3 Å². The molecule has 1 aliphatic rings. The molecule has 0 radical (unpaired) electrons. The van der Waals surface area contributed by atoms with Crippen molar-refractivity contribution in [2.45, 2.75) is 19.4 Å². The number of rotatable bonds is 2. The largest absolute Gasteiger partial charge is 0.369 e. The minimum atomic E-state index is -0.264. The topological polar surface area (TPSA) is 12.5 Å². The maximum atomic E-state index is 6.02. The third-order valence-corrected chi connectivity index (χ3v) is 4.23. The van der Waals surface area contributed by atoms with Crippen molar-refractivity contribution in [3.8, 4) is 0 Å². The molecule has 0 saturated carbocycles. The van der Waals surface area contributed by atoms with Crippen LogP contribution < -0.4 is 4.90 Å². The summed E-state index contributed by atoms with van der Waals surface area (Å²) >= 11 is 5.93. The predicted molar refractivity (Wildman–Crippen MR) is 93.3 cm³/mol. The second-order valence-electron chi connectivity index (χ2n) is 5.94. The molecule has 2 aromatic carbocycles. The van der Waals surface area contributed by atoms with E-state index >= 15 is 0 Å². The van der Waals surface area contributed by atoms with Crippen LogP contribution in [0.5, 0.6) is 0 Å². The Bertz CT molecular complexity index is 676. The number of nitrogens with zero attached hydrogens (tertiary/aromatic N) is 1. The van der Waals surface area contributed by atoms with Gasteiger partial charge in [-0.3, -0.25) is 0 Å². The molecule has 0 atom stereocenters. The Morgan fingerprint density at radius 2 is 1.82 bits per heavy atom. The second kappa shape index (κ2) is 6.15. The van der Waals surface area contributed by atoms with E-state index in [1.165, 1.54) is 11.3 Å². The summed E-state index contributed by atoms with van der Waals surface area (Å²) in [5.74, 6) is 0. The van der Waals surface area contributed by atoms with Crippen LogP contribution in [0.1, 0.15) is 25.0 Å². The quantitative estimate of drug-likeness (QED) is 0.766. The van der Waals surface area contributed by atoms with Gasteiger partial charge in [-0.25, -0.2) is 0 Å². The number of para-hydroxylation sites is 1. The first-order valence-electron chi connectivity index (χ1n) is 7.50. The van der Waals surface area contributed by atoms with Gasteiger partial charge in [0.1, 0.15) is 0 Å². The Morgan fingerprint density at radius 1 is 1.09 bits per heavy atom. The van der Waals surface area contributed by atoms with Crippen molar-refractivity contribution < 1.29 is 4.74 Å². The van der Waals surface area contributed by atoms with E-state index in [-0.39, 0.29) is 5.60 Å². The van der Waals surface area contributed by atoms with E-state index in [9.17, 15) is 0 Å². The molecule has 0 fully saturated rings. The molecule has 2 aromatic rings. The Labute approximate surface area is 137 Å². The average Bonchev–Trinajstić information content (AvgIpc) is 2.64. The van der Waals surface area contributed by atoms with Gasteiger partial charge in [0.15, 0.2) is 0 Å². The summed E-state index contributed by atoms with van der Waals surface area (Å²) < 4.78 is 6.02. The summed E-state index contributed by atoms with van der Waals surface area (Å²) in [6, 6.07) is 16.3. The van der Waals surface area contributed by atoms with Crippen molar-refractivity contribution >= 4 is 23.4 Å². The minimum absolute atomic E-state index is 0.264. The lowest BCUT2D eigenvalue weighted by Crippen LogP contribution is -2.21. The van der Waals surface area contributed by atoms with Gasteiger partial charge in [-0.05, 0) is 43.7 Å². The van der Waals surface area contributed by atoms with E-state index in [2.05, 4.69) is 55.3 Å². The van der Waals surface area contributed by atoms with Crippen molar-refractivity contribution in [3.05, 3.63) is 70.9 Å². The number of anilines is 1. The average molecular weight is 314 g/mol. The predicted octanol–water partition coefficient (Wildman–Crippen LogP) is 5.08. The molecule has 3 heteroatoms. The third-order valence-electron chi connectivity index (χ3n) is 3.97. The molecule has 0 aromatic heterocycles. The van der Waals surface area contributed by atoms with Crippen LogP contribution in [0, 0.1) is 0 Å². The van der Waals surface area contributed by atoms with Gasteiger partial charge in [0.2, 0.25) is 0 Å². The highest BCUT2D eigenvalue weighted by atomic mass is 35.5. The zero-order chi connectivity index (χ0) is 15.6. The smallest absolute Gasteiger partial charge is 0.0896 e. The lowest BCUT2D eigenvalue weighted by molar-refractivity contribution is -0.0128. The molecular formula is C19H20ClNO. The van der Waals surface area contributed by atoms with Gasteiger partial charge in [-0.15, -0.1) is 0 Å². The lowest BCUT2D eigenvalue weighted by Gasteiger charge is -2.26. The van der Waals surface area contributed by atoms with Gasteiger partial charge < -0.3 is 9.64 Å². The van der Waals surface area contributed by atoms with Crippen LogP contribution in [0.4, 0.5) is 5.69 Å². The first kappa shape index (κ1) is 15.1. The maximum absolute atomic E-state index is 6.02. The highest BCUT2D eigenvalue weighted by Crippen LogP contribution is 2.35. The van der Waals surface area contributed by atoms with Crippen LogP contribution in [0.2, 0.25) is 5.02 Å². The SMILES string of the molecule is CC1(C)OCCN(/C=C\c2ccc(Cl)cc2)c2ccccc21. The highest BCUT2D eigenvalue weighted by Gasteiger charge is 2.28. The van der Waals surface area contributed by atoms with E-state index < -0.39 is 0 Å². The van der Waals surface area contributed by atoms with Gasteiger partial charge in [0, 0.05) is 29.0 Å². The van der Waals surface area contributed by atoms with Crippen molar-refractivity contribution in [3.63, 3.8) is 0 Å². The number of ether oxygens (including phenoxy) is 1. The van der Waals surface area contributed by atoms with Crippen molar-refractivity contribution in [1.29, 1.82) is 0 Å². The molecule has 3 rings (SSSR count). The fraction of sp³-hybridized carbons (Fsp3) is 0.263. The van der Waals surface area contributed by atoms with Crippen LogP contribution in [0.15, 0.2) is 54.7 Å². The molecule has 0 N–H and O–H groups in total. The number of hydrogen-bond donors (Lipinski definition) is 0. The normalized spacial score (nSPS) is 17.3. The fourth-order valence-corrected chi connectivity index (χ4v) is 2.86. The standard InChI is InChI=1S/C19H20ClNO/c1-19(2)17-5-3-4-6-18(17)21(13-14-22-19)12-11-15-7-9-16(20)10-8-15/h3-12H,13-14H2,1-2H3/b12-11-. The molecule has 0 amide bonds. The highest BCUT2D eigenvalue weighted by molar-refractivity contribution is 6.30. The van der Waals surface area contributed by atoms with Crippen molar-refractivity contribution in [1.82, 2.24) is 0 Å². The molecule has 2 nitrogen and oxygen atoms in total. The zero-order valence-electron chi connectivity index (χ0n) is 12.9. The Hall–Kier alpha value is -1.77. The van der Waals surface area contributed by atoms with E-state index in [1.807, 2.05) is 24.3 Å². The van der Waals surface area contributed by atoms with Gasteiger partial charge in [-0.1, -0.05) is 41.9 Å². The third kappa shape index (κ3) is 3.18. The van der Waals surface area contributed by atoms with Gasteiger partial charge in [0.25, 0.3) is 0 Å². The summed E-state index contributed by atoms with van der Waals surface area (Å²) in [5.41, 5.74) is 3.29. The molecule has 0 spiro atoms. The molecule has 0 aliphatic carbocycles. The lowest BCUT2D eigenvalue weighted by atomic mass is 9.96. The first-order valence-corrected chi connectivity index (χ1v) is 7.88. The Kier molecular flexibility index (Phi) is 4.23. The van der Waals surface area contributed by atoms with E-state index in [4.69, 9.17) is 16.3 Å². The van der Waals surface area contributed by atoms with Gasteiger partial charge in [0.05, 0.1) is 12.2 Å². The molecule has 114 valence electrons. The molecule has 22 heavy (non-hydrogen) atoms. The zero-order valence-corrected chi connectivity index (χ0v) is 13.7. The summed E-state index contributed by atoms with van der Waals surface area (Å²) in [6.45, 7) is 5.79. The van der Waals surface area contributed by atoms with Crippen LogP contribution in [-0.4, -0.2) is 13.2 Å². The fourth-order valence-electron chi connectivity index (χ4n) is 2.74. The first-order chi connectivity index (χ1) is 10.6. The summed E-state index contributed by atoms with van der Waals surface area (Å²) in [7, 11) is 0. The molecule has 1 aliphatic heterocycles. The van der Waals surface area contributed by atoms with Gasteiger partial charge >= 0.3 is 0 Å². The summed E-state index contributed by atoms with van der Waals surface area (Å²) in [4.78, 5) is 2.25. The molecule has 0 bridgehead atoms. The number of fused-ring (bicyclic) bond motifs is 1. The van der Waals surface area contributed by atoms with Crippen LogP contribution in [0.25, 0.3) is 6.08 Å². The van der Waals surface area contributed by atoms with Crippen LogP contribution >= 0.6 is 11.6 Å². The summed E-state index contributed by atoms with van der Waals surface area (Å²) in [5, 5.41) is 0.757. The Balaban J connectivity index is 1.92. The van der Waals surface area contributed by atoms with E-state index in [0.29, 0.717) is 6.61 Å². The number of benzene rings is 2. The second-order valence-corrected chi connectivity index (χ2v) is 6.37. The molecule has 1 heterocycles. The number of hydrogen-bond acceptors (Lipinski definition) is 2. The molecule has 0 saturated heterocycles. The van der Waals surface area contributed by atoms with E-state index in [1.54, 1.807) is 0 Å². The van der Waals surface area contributed by atoms with Gasteiger partial charge in [-0.2, -0.15) is 0 Å². The molecule has 0 unspecified atom stereocenters. The monoisotopic (exact) mass is 313 g/mol. The van der Waals surface area contributed by atoms with Crippen LogP contribution in [0.3, 0.4) is 0 Å². The molecular weight excluding hydrogens is 294 g/mol. The van der Waals surface area contributed by atoms with E-state index in [0.717, 1.165) is 17.1 Å². The maximum Gasteiger partial charge on any atom is 0.0896 e. The minimum Gasteiger partial charge on any atom is -0.369 e. The number of halogens is 1. The van der Waals surface area contributed by atoms with Crippen molar-refractivity contribution in [2.24, 2.45) is 0 Å². The van der Waals surface area contributed by atoms with Crippen molar-refractivity contribution in [2.75, 3.05) is 18.1 Å².